The Morgan fingerprint density at radius 1 is 1.21 bits per heavy atom. The molecule has 3 rings (SSSR count). The van der Waals surface area contributed by atoms with E-state index in [1.807, 2.05) is 0 Å². The summed E-state index contributed by atoms with van der Waals surface area (Å²) in [4.78, 5) is 0. The maximum Gasteiger partial charge on any atom is 0.143 e. The highest BCUT2D eigenvalue weighted by molar-refractivity contribution is 9.08. The van der Waals surface area contributed by atoms with Crippen LogP contribution in [0.4, 0.5) is 0 Å². The molecule has 0 bridgehead atoms. The van der Waals surface area contributed by atoms with Crippen LogP contribution in [0.3, 0.4) is 0 Å². The minimum atomic E-state index is 0.627. The summed E-state index contributed by atoms with van der Waals surface area (Å²) in [6.45, 7) is 4.30. The average Bonchev–Trinajstić information content (AvgIpc) is 3.15. The molecular formula is C15H18BrN3. The highest BCUT2D eigenvalue weighted by Gasteiger charge is 2.29. The predicted octanol–water partition coefficient (Wildman–Crippen LogP) is 3.72. The van der Waals surface area contributed by atoms with Gasteiger partial charge in [0.15, 0.2) is 0 Å². The molecule has 0 radical (unpaired) electrons. The van der Waals surface area contributed by atoms with Gasteiger partial charge in [0.05, 0.1) is 5.33 Å². The molecule has 1 aromatic heterocycles. The summed E-state index contributed by atoms with van der Waals surface area (Å²) >= 11 is 3.51. The molecule has 2 aromatic rings. The van der Waals surface area contributed by atoms with Crippen molar-refractivity contribution < 1.29 is 0 Å². The quantitative estimate of drug-likeness (QED) is 0.804. The van der Waals surface area contributed by atoms with Crippen molar-refractivity contribution in [1.82, 2.24) is 14.8 Å². The molecule has 0 N–H and O–H groups in total. The van der Waals surface area contributed by atoms with Crippen molar-refractivity contribution in [3.05, 3.63) is 46.5 Å². The lowest BCUT2D eigenvalue weighted by Gasteiger charge is -2.10. The Hall–Kier alpha value is -1.16. The molecule has 4 heteroatoms. The molecule has 19 heavy (non-hydrogen) atoms. The van der Waals surface area contributed by atoms with E-state index < -0.39 is 0 Å². The first-order valence-electron chi connectivity index (χ1n) is 6.74. The van der Waals surface area contributed by atoms with E-state index in [0.717, 1.165) is 23.4 Å². The fourth-order valence-corrected chi connectivity index (χ4v) is 2.87. The second-order valence-electron chi connectivity index (χ2n) is 5.37. The van der Waals surface area contributed by atoms with Crippen LogP contribution in [0, 0.1) is 13.8 Å². The smallest absolute Gasteiger partial charge is 0.143 e. The first kappa shape index (κ1) is 12.9. The second-order valence-corrected chi connectivity index (χ2v) is 5.93. The minimum absolute atomic E-state index is 0.627. The zero-order valence-electron chi connectivity index (χ0n) is 11.4. The predicted molar refractivity (Wildman–Crippen MR) is 79.6 cm³/mol. The monoisotopic (exact) mass is 319 g/mol. The van der Waals surface area contributed by atoms with Gasteiger partial charge in [-0.05, 0) is 37.8 Å². The summed E-state index contributed by atoms with van der Waals surface area (Å²) in [5, 5.41) is 9.49. The van der Waals surface area contributed by atoms with Crippen molar-refractivity contribution in [1.29, 1.82) is 0 Å². The van der Waals surface area contributed by atoms with Gasteiger partial charge in [-0.3, -0.25) is 0 Å². The van der Waals surface area contributed by atoms with Gasteiger partial charge in [-0.1, -0.05) is 39.7 Å². The Morgan fingerprint density at radius 2 is 1.95 bits per heavy atom. The second kappa shape index (κ2) is 5.08. The molecule has 1 fully saturated rings. The number of nitrogens with zero attached hydrogens (tertiary/aromatic N) is 3. The summed E-state index contributed by atoms with van der Waals surface area (Å²) in [6, 6.07) is 7.24. The number of halogens is 1. The SMILES string of the molecule is Cc1ccc(C)c(Cc2nnc(CBr)n2C2CC2)c1. The molecule has 1 aliphatic rings. The van der Waals surface area contributed by atoms with Crippen molar-refractivity contribution >= 4 is 15.9 Å². The summed E-state index contributed by atoms with van der Waals surface area (Å²) in [7, 11) is 0. The zero-order chi connectivity index (χ0) is 13.4. The lowest BCUT2D eigenvalue weighted by atomic mass is 10.0. The van der Waals surface area contributed by atoms with E-state index in [-0.39, 0.29) is 0 Å². The van der Waals surface area contributed by atoms with Gasteiger partial charge in [-0.15, -0.1) is 10.2 Å². The Balaban J connectivity index is 1.94. The van der Waals surface area contributed by atoms with Crippen LogP contribution >= 0.6 is 15.9 Å². The van der Waals surface area contributed by atoms with E-state index >= 15 is 0 Å². The van der Waals surface area contributed by atoms with Crippen LogP contribution < -0.4 is 0 Å². The van der Waals surface area contributed by atoms with E-state index in [4.69, 9.17) is 0 Å². The van der Waals surface area contributed by atoms with Crippen LogP contribution in [0.15, 0.2) is 18.2 Å². The third-order valence-electron chi connectivity index (χ3n) is 3.72. The Kier molecular flexibility index (Phi) is 3.44. The number of hydrogen-bond acceptors (Lipinski definition) is 2. The number of alkyl halides is 1. The van der Waals surface area contributed by atoms with Crippen molar-refractivity contribution in [2.75, 3.05) is 0 Å². The van der Waals surface area contributed by atoms with Crippen LogP contribution in [0.1, 0.15) is 47.2 Å². The lowest BCUT2D eigenvalue weighted by molar-refractivity contribution is 0.670. The fourth-order valence-electron chi connectivity index (χ4n) is 2.49. The largest absolute Gasteiger partial charge is 0.311 e. The maximum atomic E-state index is 4.40. The molecule has 1 aliphatic carbocycles. The highest BCUT2D eigenvalue weighted by Crippen LogP contribution is 2.37. The molecule has 1 heterocycles. The van der Waals surface area contributed by atoms with E-state index in [0.29, 0.717) is 6.04 Å². The summed E-state index contributed by atoms with van der Waals surface area (Å²) < 4.78 is 2.33. The van der Waals surface area contributed by atoms with Gasteiger partial charge in [0.2, 0.25) is 0 Å². The van der Waals surface area contributed by atoms with Crippen LogP contribution in [0.2, 0.25) is 0 Å². The van der Waals surface area contributed by atoms with Gasteiger partial charge >= 0.3 is 0 Å². The minimum Gasteiger partial charge on any atom is -0.311 e. The average molecular weight is 320 g/mol. The molecule has 0 unspecified atom stereocenters. The molecule has 1 saturated carbocycles. The molecule has 1 aromatic carbocycles. The molecule has 0 atom stereocenters. The first-order valence-corrected chi connectivity index (χ1v) is 7.86. The Labute approximate surface area is 122 Å². The van der Waals surface area contributed by atoms with E-state index in [1.165, 1.54) is 29.5 Å². The molecule has 0 aliphatic heterocycles. The highest BCUT2D eigenvalue weighted by atomic mass is 79.9. The topological polar surface area (TPSA) is 30.7 Å². The lowest BCUT2D eigenvalue weighted by Crippen LogP contribution is -2.06. The maximum absolute atomic E-state index is 4.40. The summed E-state index contributed by atoms with van der Waals surface area (Å²) in [6.07, 6.45) is 3.40. The molecule has 0 spiro atoms. The molecule has 0 amide bonds. The Bertz CT molecular complexity index is 599. The van der Waals surface area contributed by atoms with E-state index in [9.17, 15) is 0 Å². The number of benzene rings is 1. The normalized spacial score (nSPS) is 14.9. The van der Waals surface area contributed by atoms with Crippen molar-refractivity contribution in [2.45, 2.75) is 44.5 Å². The fraction of sp³-hybridized carbons (Fsp3) is 0.467. The number of rotatable bonds is 4. The van der Waals surface area contributed by atoms with Gasteiger partial charge in [-0.25, -0.2) is 0 Å². The standard InChI is InChI=1S/C15H18BrN3/c1-10-3-4-11(2)12(7-10)8-14-17-18-15(9-16)19(14)13-5-6-13/h3-4,7,13H,5-6,8-9H2,1-2H3. The Morgan fingerprint density at radius 3 is 2.63 bits per heavy atom. The van der Waals surface area contributed by atoms with Crippen LogP contribution in [0.25, 0.3) is 0 Å². The van der Waals surface area contributed by atoms with Gasteiger partial charge in [0, 0.05) is 12.5 Å². The third kappa shape index (κ3) is 2.59. The van der Waals surface area contributed by atoms with Gasteiger partial charge in [0.1, 0.15) is 11.6 Å². The van der Waals surface area contributed by atoms with Gasteiger partial charge in [0.25, 0.3) is 0 Å². The van der Waals surface area contributed by atoms with Crippen molar-refractivity contribution in [3.63, 3.8) is 0 Å². The van der Waals surface area contributed by atoms with Gasteiger partial charge in [-0.2, -0.15) is 0 Å². The van der Waals surface area contributed by atoms with Crippen LogP contribution in [0.5, 0.6) is 0 Å². The summed E-state index contributed by atoms with van der Waals surface area (Å²) in [5.74, 6) is 2.16. The number of hydrogen-bond donors (Lipinski definition) is 0. The van der Waals surface area contributed by atoms with Gasteiger partial charge < -0.3 is 4.57 Å². The third-order valence-corrected chi connectivity index (χ3v) is 4.22. The summed E-state index contributed by atoms with van der Waals surface area (Å²) in [5.41, 5.74) is 3.99. The molecule has 100 valence electrons. The van der Waals surface area contributed by atoms with Crippen molar-refractivity contribution in [2.24, 2.45) is 0 Å². The zero-order valence-corrected chi connectivity index (χ0v) is 12.9. The number of aryl methyl sites for hydroxylation is 2. The van der Waals surface area contributed by atoms with E-state index in [1.54, 1.807) is 0 Å². The first-order chi connectivity index (χ1) is 9.19. The van der Waals surface area contributed by atoms with Crippen LogP contribution in [-0.2, 0) is 11.8 Å². The molecular weight excluding hydrogens is 302 g/mol. The van der Waals surface area contributed by atoms with Crippen molar-refractivity contribution in [3.8, 4) is 0 Å². The molecule has 0 saturated heterocycles. The van der Waals surface area contributed by atoms with E-state index in [2.05, 4.69) is 62.7 Å². The number of aromatic nitrogens is 3. The molecule has 3 nitrogen and oxygen atoms in total. The van der Waals surface area contributed by atoms with Crippen LogP contribution in [-0.4, -0.2) is 14.8 Å².